The van der Waals surface area contributed by atoms with Gasteiger partial charge in [-0.1, -0.05) is 27.7 Å². The summed E-state index contributed by atoms with van der Waals surface area (Å²) in [6.07, 6.45) is 5.47. The molecule has 2 fully saturated rings. The monoisotopic (exact) mass is 181 g/mol. The van der Waals surface area contributed by atoms with Crippen LogP contribution in [0.3, 0.4) is 0 Å². The highest BCUT2D eigenvalue weighted by Crippen LogP contribution is 2.57. The molecule has 2 atom stereocenters. The van der Waals surface area contributed by atoms with E-state index in [0.717, 1.165) is 0 Å². The molecule has 0 spiro atoms. The van der Waals surface area contributed by atoms with Gasteiger partial charge < -0.3 is 5.32 Å². The van der Waals surface area contributed by atoms with Crippen LogP contribution in [0.2, 0.25) is 0 Å². The van der Waals surface area contributed by atoms with Crippen LogP contribution in [0.25, 0.3) is 0 Å². The topological polar surface area (TPSA) is 12.0 Å². The molecule has 2 rings (SSSR count). The molecule has 2 bridgehead atoms. The average molecular weight is 181 g/mol. The summed E-state index contributed by atoms with van der Waals surface area (Å²) in [5, 5.41) is 3.78. The number of rotatable bonds is 1. The third-order valence-electron chi connectivity index (χ3n) is 5.12. The predicted molar refractivity (Wildman–Crippen MR) is 56.8 cm³/mol. The van der Waals surface area contributed by atoms with Crippen LogP contribution in [-0.4, -0.2) is 12.1 Å². The Hall–Kier alpha value is -0.0400. The first-order valence-electron chi connectivity index (χ1n) is 5.68. The molecule has 2 aliphatic rings. The van der Waals surface area contributed by atoms with Crippen molar-refractivity contribution in [3.8, 4) is 0 Å². The Morgan fingerprint density at radius 3 is 2.46 bits per heavy atom. The summed E-state index contributed by atoms with van der Waals surface area (Å²) in [4.78, 5) is 0. The number of hydrogen-bond acceptors (Lipinski definition) is 1. The zero-order valence-electron chi connectivity index (χ0n) is 9.54. The van der Waals surface area contributed by atoms with Crippen molar-refractivity contribution in [1.82, 2.24) is 5.32 Å². The fourth-order valence-electron chi connectivity index (χ4n) is 3.19. The molecule has 2 unspecified atom stereocenters. The molecule has 0 amide bonds. The van der Waals surface area contributed by atoms with Gasteiger partial charge in [-0.25, -0.2) is 0 Å². The van der Waals surface area contributed by atoms with Crippen molar-refractivity contribution in [1.29, 1.82) is 0 Å². The lowest BCUT2D eigenvalue weighted by atomic mass is 9.57. The molecule has 1 aliphatic heterocycles. The normalized spacial score (nSPS) is 48.0. The number of nitrogens with one attached hydrogen (secondary N) is 1. The van der Waals surface area contributed by atoms with Crippen LogP contribution in [0.15, 0.2) is 0 Å². The molecule has 0 radical (unpaired) electrons. The van der Waals surface area contributed by atoms with E-state index in [1.54, 1.807) is 0 Å². The molecule has 0 aromatic rings. The van der Waals surface area contributed by atoms with Gasteiger partial charge in [0, 0.05) is 12.1 Å². The van der Waals surface area contributed by atoms with Crippen molar-refractivity contribution >= 4 is 0 Å². The van der Waals surface area contributed by atoms with Gasteiger partial charge in [0.05, 0.1) is 0 Å². The summed E-state index contributed by atoms with van der Waals surface area (Å²) < 4.78 is 0. The third kappa shape index (κ3) is 1.16. The third-order valence-corrected chi connectivity index (χ3v) is 5.12. The van der Waals surface area contributed by atoms with Crippen LogP contribution in [-0.2, 0) is 0 Å². The summed E-state index contributed by atoms with van der Waals surface area (Å²) in [7, 11) is 0. The molecule has 1 heteroatoms. The zero-order chi connectivity index (χ0) is 9.74. The molecule has 1 heterocycles. The Kier molecular flexibility index (Phi) is 1.83. The smallest absolute Gasteiger partial charge is 0.0185 e. The second-order valence-electron chi connectivity index (χ2n) is 6.11. The van der Waals surface area contributed by atoms with Crippen LogP contribution in [0.4, 0.5) is 0 Å². The quantitative estimate of drug-likeness (QED) is 0.656. The molecule has 1 N–H and O–H groups in total. The molecular weight excluding hydrogens is 158 g/mol. The molecule has 1 nitrogen and oxygen atoms in total. The van der Waals surface area contributed by atoms with Gasteiger partial charge in [0.2, 0.25) is 0 Å². The van der Waals surface area contributed by atoms with Crippen molar-refractivity contribution in [3.05, 3.63) is 0 Å². The first-order valence-corrected chi connectivity index (χ1v) is 5.68. The first kappa shape index (κ1) is 9.51. The lowest BCUT2D eigenvalue weighted by Gasteiger charge is -2.48. The first-order chi connectivity index (χ1) is 5.93. The van der Waals surface area contributed by atoms with E-state index in [1.807, 2.05) is 0 Å². The molecule has 76 valence electrons. The van der Waals surface area contributed by atoms with Crippen molar-refractivity contribution < 1.29 is 0 Å². The maximum atomic E-state index is 3.78. The van der Waals surface area contributed by atoms with Gasteiger partial charge in [0.25, 0.3) is 0 Å². The van der Waals surface area contributed by atoms with E-state index in [-0.39, 0.29) is 0 Å². The minimum absolute atomic E-state index is 0.504. The largest absolute Gasteiger partial charge is 0.311 e. The molecular formula is C12H23N. The summed E-state index contributed by atoms with van der Waals surface area (Å²) >= 11 is 0. The van der Waals surface area contributed by atoms with E-state index in [4.69, 9.17) is 0 Å². The van der Waals surface area contributed by atoms with Crippen molar-refractivity contribution in [2.45, 2.75) is 58.9 Å². The van der Waals surface area contributed by atoms with Crippen molar-refractivity contribution in [2.24, 2.45) is 10.8 Å². The second-order valence-corrected chi connectivity index (χ2v) is 6.11. The standard InChI is InChI=1S/C12H23N/c1-5-12-7-6-10(2,3)11(4,8-12)9-13-12/h13H,5-9H2,1-4H3. The summed E-state index contributed by atoms with van der Waals surface area (Å²) in [5.74, 6) is 0. The highest BCUT2D eigenvalue weighted by molar-refractivity contribution is 5.11. The maximum Gasteiger partial charge on any atom is 0.0185 e. The van der Waals surface area contributed by atoms with Crippen LogP contribution in [0, 0.1) is 10.8 Å². The lowest BCUT2D eigenvalue weighted by Crippen LogP contribution is -2.44. The second kappa shape index (κ2) is 2.50. The van der Waals surface area contributed by atoms with Crippen molar-refractivity contribution in [2.75, 3.05) is 6.54 Å². The molecule has 13 heavy (non-hydrogen) atoms. The highest BCUT2D eigenvalue weighted by atomic mass is 15.0. The van der Waals surface area contributed by atoms with Gasteiger partial charge in [-0.15, -0.1) is 0 Å². The summed E-state index contributed by atoms with van der Waals surface area (Å²) in [5.41, 5.74) is 1.58. The molecule has 1 saturated carbocycles. The van der Waals surface area contributed by atoms with Crippen molar-refractivity contribution in [3.63, 3.8) is 0 Å². The minimum Gasteiger partial charge on any atom is -0.311 e. The fraction of sp³-hybridized carbons (Fsp3) is 1.00. The van der Waals surface area contributed by atoms with Crippen LogP contribution >= 0.6 is 0 Å². The Morgan fingerprint density at radius 1 is 1.15 bits per heavy atom. The SMILES string of the molecule is CCC12CCC(C)(C)C(C)(CN1)C2. The highest BCUT2D eigenvalue weighted by Gasteiger charge is 2.55. The lowest BCUT2D eigenvalue weighted by molar-refractivity contribution is 0.0468. The van der Waals surface area contributed by atoms with E-state index < -0.39 is 0 Å². The van der Waals surface area contributed by atoms with Gasteiger partial charge >= 0.3 is 0 Å². The molecule has 0 aromatic heterocycles. The number of hydrogen-bond donors (Lipinski definition) is 1. The fourth-order valence-corrected chi connectivity index (χ4v) is 3.19. The predicted octanol–water partition coefficient (Wildman–Crippen LogP) is 2.95. The minimum atomic E-state index is 0.504. The van der Waals surface area contributed by atoms with Gasteiger partial charge in [0.15, 0.2) is 0 Å². The maximum absolute atomic E-state index is 3.78. The van der Waals surface area contributed by atoms with E-state index in [0.29, 0.717) is 16.4 Å². The van der Waals surface area contributed by atoms with Crippen LogP contribution in [0.1, 0.15) is 53.4 Å². The van der Waals surface area contributed by atoms with E-state index >= 15 is 0 Å². The Labute approximate surface area is 82.3 Å². The Balaban J connectivity index is 2.27. The zero-order valence-corrected chi connectivity index (χ0v) is 9.54. The van der Waals surface area contributed by atoms with E-state index in [9.17, 15) is 0 Å². The summed E-state index contributed by atoms with van der Waals surface area (Å²) in [6.45, 7) is 10.9. The van der Waals surface area contributed by atoms with Crippen LogP contribution < -0.4 is 5.32 Å². The van der Waals surface area contributed by atoms with Gasteiger partial charge in [0.1, 0.15) is 0 Å². The van der Waals surface area contributed by atoms with Gasteiger partial charge in [-0.3, -0.25) is 0 Å². The van der Waals surface area contributed by atoms with Gasteiger partial charge in [-0.2, -0.15) is 0 Å². The Morgan fingerprint density at radius 2 is 1.85 bits per heavy atom. The average Bonchev–Trinajstić information content (AvgIpc) is 2.39. The van der Waals surface area contributed by atoms with Crippen LogP contribution in [0.5, 0.6) is 0 Å². The molecule has 0 aromatic carbocycles. The number of fused-ring (bicyclic) bond motifs is 2. The molecule has 1 saturated heterocycles. The van der Waals surface area contributed by atoms with E-state index in [2.05, 4.69) is 33.0 Å². The Bertz CT molecular complexity index is 221. The van der Waals surface area contributed by atoms with Gasteiger partial charge in [-0.05, 0) is 36.5 Å². The molecule has 1 aliphatic carbocycles. The summed E-state index contributed by atoms with van der Waals surface area (Å²) in [6, 6.07) is 0. The van der Waals surface area contributed by atoms with E-state index in [1.165, 1.54) is 32.2 Å².